The number of hydrogen-bond acceptors (Lipinski definition) is 1. The van der Waals surface area contributed by atoms with Gasteiger partial charge >= 0.3 is 0 Å². The fraction of sp³-hybridized carbons (Fsp3) is 0.500. The summed E-state index contributed by atoms with van der Waals surface area (Å²) in [6, 6.07) is 0. The van der Waals surface area contributed by atoms with Crippen molar-refractivity contribution in [1.29, 1.82) is 0 Å². The SMILES string of the molecule is Cn1ncc(C(F)F)c1C(F)F. The lowest BCUT2D eigenvalue weighted by Crippen LogP contribution is -2.01. The summed E-state index contributed by atoms with van der Waals surface area (Å²) in [5.41, 5.74) is -1.42. The van der Waals surface area contributed by atoms with Crippen LogP contribution in [0.2, 0.25) is 0 Å². The van der Waals surface area contributed by atoms with Crippen molar-refractivity contribution in [2.24, 2.45) is 7.05 Å². The van der Waals surface area contributed by atoms with Crippen LogP contribution in [0.3, 0.4) is 0 Å². The molecule has 0 saturated carbocycles. The molecule has 1 rings (SSSR count). The van der Waals surface area contributed by atoms with Gasteiger partial charge in [-0.15, -0.1) is 0 Å². The smallest absolute Gasteiger partial charge is 0.266 e. The molecule has 0 aliphatic heterocycles. The monoisotopic (exact) mass is 182 g/mol. The highest BCUT2D eigenvalue weighted by Gasteiger charge is 2.23. The lowest BCUT2D eigenvalue weighted by atomic mass is 10.2. The number of rotatable bonds is 2. The van der Waals surface area contributed by atoms with Gasteiger partial charge in [-0.2, -0.15) is 5.10 Å². The van der Waals surface area contributed by atoms with E-state index in [0.717, 1.165) is 10.9 Å². The van der Waals surface area contributed by atoms with Crippen molar-refractivity contribution in [3.8, 4) is 0 Å². The van der Waals surface area contributed by atoms with Crippen LogP contribution >= 0.6 is 0 Å². The molecule has 0 amide bonds. The number of aryl methyl sites for hydroxylation is 1. The molecule has 0 radical (unpaired) electrons. The number of nitrogens with zero attached hydrogens (tertiary/aromatic N) is 2. The molecular weight excluding hydrogens is 176 g/mol. The summed E-state index contributed by atoms with van der Waals surface area (Å²) in [5.74, 6) is 0. The Kier molecular flexibility index (Phi) is 2.35. The first-order chi connectivity index (χ1) is 5.54. The summed E-state index contributed by atoms with van der Waals surface area (Å²) in [6.45, 7) is 0. The van der Waals surface area contributed by atoms with Crippen LogP contribution in [0.1, 0.15) is 24.1 Å². The van der Waals surface area contributed by atoms with Crippen molar-refractivity contribution in [1.82, 2.24) is 9.78 Å². The molecule has 0 aliphatic rings. The van der Waals surface area contributed by atoms with Gasteiger partial charge in [0, 0.05) is 7.05 Å². The van der Waals surface area contributed by atoms with E-state index in [1.807, 2.05) is 0 Å². The Labute approximate surface area is 65.8 Å². The van der Waals surface area contributed by atoms with Gasteiger partial charge < -0.3 is 0 Å². The Morgan fingerprint density at radius 1 is 1.25 bits per heavy atom. The zero-order valence-corrected chi connectivity index (χ0v) is 6.14. The topological polar surface area (TPSA) is 17.8 Å². The van der Waals surface area contributed by atoms with Gasteiger partial charge in [-0.05, 0) is 0 Å². The first kappa shape index (κ1) is 9.02. The van der Waals surface area contributed by atoms with Gasteiger partial charge in [0.25, 0.3) is 12.9 Å². The van der Waals surface area contributed by atoms with Crippen LogP contribution in [0.25, 0.3) is 0 Å². The second-order valence-corrected chi connectivity index (χ2v) is 2.21. The van der Waals surface area contributed by atoms with Crippen LogP contribution in [0.5, 0.6) is 0 Å². The Bertz CT molecular complexity index is 269. The second kappa shape index (κ2) is 3.12. The molecule has 0 atom stereocenters. The van der Waals surface area contributed by atoms with Gasteiger partial charge in [0.2, 0.25) is 0 Å². The first-order valence-corrected chi connectivity index (χ1v) is 3.12. The largest absolute Gasteiger partial charge is 0.280 e. The van der Waals surface area contributed by atoms with E-state index in [0.29, 0.717) is 0 Å². The molecule has 0 aliphatic carbocycles. The zero-order valence-electron chi connectivity index (χ0n) is 6.14. The van der Waals surface area contributed by atoms with Gasteiger partial charge in [-0.25, -0.2) is 17.6 Å². The third-order valence-corrected chi connectivity index (χ3v) is 1.46. The Morgan fingerprint density at radius 3 is 2.17 bits per heavy atom. The first-order valence-electron chi connectivity index (χ1n) is 3.12. The van der Waals surface area contributed by atoms with Gasteiger partial charge in [0.05, 0.1) is 11.8 Å². The Hall–Kier alpha value is -1.07. The standard InChI is InChI=1S/C6H6F4N2/c1-12-4(6(9)10)3(2-11-12)5(7)8/h2,5-6H,1H3. The summed E-state index contributed by atoms with van der Waals surface area (Å²) in [6.07, 6.45) is -5.06. The molecule has 68 valence electrons. The number of alkyl halides is 4. The maximum Gasteiger partial charge on any atom is 0.280 e. The third-order valence-electron chi connectivity index (χ3n) is 1.46. The number of aromatic nitrogens is 2. The van der Waals surface area contributed by atoms with Crippen LogP contribution < -0.4 is 0 Å². The van der Waals surface area contributed by atoms with Crippen molar-refractivity contribution in [2.45, 2.75) is 12.9 Å². The summed E-state index contributed by atoms with van der Waals surface area (Å²) in [7, 11) is 1.20. The average molecular weight is 182 g/mol. The average Bonchev–Trinajstić information content (AvgIpc) is 2.30. The van der Waals surface area contributed by atoms with Crippen molar-refractivity contribution in [2.75, 3.05) is 0 Å². The minimum atomic E-state index is -2.92. The number of hydrogen-bond donors (Lipinski definition) is 0. The van der Waals surface area contributed by atoms with Crippen molar-refractivity contribution in [3.63, 3.8) is 0 Å². The molecule has 12 heavy (non-hydrogen) atoms. The molecule has 0 saturated heterocycles. The Morgan fingerprint density at radius 2 is 1.83 bits per heavy atom. The summed E-state index contributed by atoms with van der Waals surface area (Å²) >= 11 is 0. The highest BCUT2D eigenvalue weighted by Crippen LogP contribution is 2.29. The van der Waals surface area contributed by atoms with Crippen LogP contribution in [0.4, 0.5) is 17.6 Å². The molecule has 0 fully saturated rings. The fourth-order valence-corrected chi connectivity index (χ4v) is 0.899. The van der Waals surface area contributed by atoms with E-state index in [9.17, 15) is 17.6 Å². The van der Waals surface area contributed by atoms with Crippen molar-refractivity contribution < 1.29 is 17.6 Å². The molecule has 1 aromatic rings. The second-order valence-electron chi connectivity index (χ2n) is 2.21. The van der Waals surface area contributed by atoms with Crippen LogP contribution in [0, 0.1) is 0 Å². The van der Waals surface area contributed by atoms with E-state index >= 15 is 0 Å². The highest BCUT2D eigenvalue weighted by atomic mass is 19.3. The molecule has 1 aromatic heterocycles. The van der Waals surface area contributed by atoms with Crippen LogP contribution in [-0.4, -0.2) is 9.78 Å². The lowest BCUT2D eigenvalue weighted by Gasteiger charge is -2.02. The van der Waals surface area contributed by atoms with Crippen LogP contribution in [0.15, 0.2) is 6.20 Å². The maximum atomic E-state index is 12.1. The molecule has 6 heteroatoms. The minimum Gasteiger partial charge on any atom is -0.266 e. The molecule has 2 nitrogen and oxygen atoms in total. The van der Waals surface area contributed by atoms with E-state index in [-0.39, 0.29) is 0 Å². The van der Waals surface area contributed by atoms with Gasteiger partial charge in [-0.1, -0.05) is 0 Å². The maximum absolute atomic E-state index is 12.1. The van der Waals surface area contributed by atoms with E-state index in [1.54, 1.807) is 0 Å². The molecule has 0 N–H and O–H groups in total. The summed E-state index contributed by atoms with van der Waals surface area (Å²) in [5, 5.41) is 3.32. The van der Waals surface area contributed by atoms with E-state index < -0.39 is 24.1 Å². The van der Waals surface area contributed by atoms with Gasteiger partial charge in [0.15, 0.2) is 0 Å². The Balaban J connectivity index is 3.12. The van der Waals surface area contributed by atoms with Crippen molar-refractivity contribution in [3.05, 3.63) is 17.5 Å². The molecular formula is C6H6F4N2. The third kappa shape index (κ3) is 1.41. The summed E-state index contributed by atoms with van der Waals surface area (Å²) < 4.78 is 49.0. The number of halogens is 4. The van der Waals surface area contributed by atoms with E-state index in [4.69, 9.17) is 0 Å². The molecule has 0 unspecified atom stereocenters. The zero-order chi connectivity index (χ0) is 9.30. The normalized spacial score (nSPS) is 11.6. The quantitative estimate of drug-likeness (QED) is 0.641. The molecule has 0 bridgehead atoms. The predicted molar refractivity (Wildman–Crippen MR) is 33.1 cm³/mol. The van der Waals surface area contributed by atoms with Crippen molar-refractivity contribution >= 4 is 0 Å². The highest BCUT2D eigenvalue weighted by molar-refractivity contribution is 5.19. The lowest BCUT2D eigenvalue weighted by molar-refractivity contribution is 0.118. The molecule has 1 heterocycles. The fourth-order valence-electron chi connectivity index (χ4n) is 0.899. The van der Waals surface area contributed by atoms with Crippen LogP contribution in [-0.2, 0) is 7.05 Å². The molecule has 0 aromatic carbocycles. The predicted octanol–water partition coefficient (Wildman–Crippen LogP) is 2.30. The van der Waals surface area contributed by atoms with E-state index in [1.165, 1.54) is 7.05 Å². The summed E-state index contributed by atoms with van der Waals surface area (Å²) in [4.78, 5) is 0. The van der Waals surface area contributed by atoms with Gasteiger partial charge in [-0.3, -0.25) is 4.68 Å². The van der Waals surface area contributed by atoms with E-state index in [2.05, 4.69) is 5.10 Å². The molecule has 0 spiro atoms. The minimum absolute atomic E-state index is 0.701. The van der Waals surface area contributed by atoms with Gasteiger partial charge in [0.1, 0.15) is 5.69 Å².